The van der Waals surface area contributed by atoms with Gasteiger partial charge in [-0.05, 0) is 59.7 Å². The van der Waals surface area contributed by atoms with Crippen molar-refractivity contribution in [3.8, 4) is 11.1 Å². The van der Waals surface area contributed by atoms with Crippen molar-refractivity contribution in [2.45, 2.75) is 62.2 Å². The highest BCUT2D eigenvalue weighted by atomic mass is 16.5. The predicted octanol–water partition coefficient (Wildman–Crippen LogP) is 2.24. The molecule has 16 heteroatoms. The molecule has 5 aromatic rings. The first-order valence-electron chi connectivity index (χ1n) is 18.8. The van der Waals surface area contributed by atoms with Crippen LogP contribution in [0.15, 0.2) is 91.5 Å². The molecule has 4 amide bonds. The number of amides is 4. The van der Waals surface area contributed by atoms with Gasteiger partial charge >= 0.3 is 12.1 Å². The lowest BCUT2D eigenvalue weighted by Crippen LogP contribution is -2.59. The summed E-state index contributed by atoms with van der Waals surface area (Å²) in [6.45, 7) is -0.503. The van der Waals surface area contributed by atoms with Gasteiger partial charge in [-0.2, -0.15) is 0 Å². The van der Waals surface area contributed by atoms with Crippen molar-refractivity contribution in [3.05, 3.63) is 114 Å². The van der Waals surface area contributed by atoms with Crippen LogP contribution in [0.2, 0.25) is 0 Å². The maximum atomic E-state index is 14.2. The quantitative estimate of drug-likeness (QED) is 0.0553. The number of carbonyl (C=O) groups is 5. The molecule has 4 atom stereocenters. The molecule has 3 aromatic carbocycles. The number of hydrogen-bond acceptors (Lipinski definition) is 9. The third-order valence-electron chi connectivity index (χ3n) is 10.0. The van der Waals surface area contributed by atoms with Gasteiger partial charge in [0.15, 0.2) is 0 Å². The molecule has 0 aliphatic heterocycles. The number of aliphatic carboxylic acids is 1. The van der Waals surface area contributed by atoms with Crippen molar-refractivity contribution in [1.29, 1.82) is 0 Å². The first-order chi connectivity index (χ1) is 27.7. The molecular weight excluding hydrogens is 732 g/mol. The van der Waals surface area contributed by atoms with Crippen LogP contribution in [-0.4, -0.2) is 98.9 Å². The van der Waals surface area contributed by atoms with E-state index in [-0.39, 0.29) is 31.8 Å². The number of hydrogen-bond donors (Lipinski definition) is 9. The van der Waals surface area contributed by atoms with Crippen molar-refractivity contribution in [1.82, 2.24) is 36.2 Å². The zero-order valence-electron chi connectivity index (χ0n) is 31.1. The van der Waals surface area contributed by atoms with Crippen molar-refractivity contribution in [2.24, 2.45) is 5.73 Å². The average molecular weight is 779 g/mol. The lowest BCUT2D eigenvalue weighted by molar-refractivity contribution is -0.142. The van der Waals surface area contributed by atoms with E-state index in [1.165, 1.54) is 12.5 Å². The zero-order valence-corrected chi connectivity index (χ0v) is 31.1. The average Bonchev–Trinajstić information content (AvgIpc) is 3.96. The lowest BCUT2D eigenvalue weighted by atomic mass is 9.98. The van der Waals surface area contributed by atoms with Gasteiger partial charge in [-0.25, -0.2) is 14.6 Å². The molecule has 2 aromatic heterocycles. The Hall–Kier alpha value is -6.52. The Bertz CT molecular complexity index is 2140. The highest BCUT2D eigenvalue weighted by Gasteiger charge is 2.33. The molecule has 57 heavy (non-hydrogen) atoms. The van der Waals surface area contributed by atoms with Gasteiger partial charge in [0.2, 0.25) is 17.7 Å². The smallest absolute Gasteiger partial charge is 0.407 e. The summed E-state index contributed by atoms with van der Waals surface area (Å²) in [7, 11) is 0. The minimum atomic E-state index is -1.55. The SMILES string of the molecule is NCCCC[C@H](NC(=O)[C@@H](CO)NC(=O)[C@H](Cc1c[nH]cn1)NC(=O)[C@@H](Cc1c[nH]c2ccccc12)NC(=O)OCC1c2ccccc2-c2ccccc21)C(=O)O. The number of ether oxygens (including phenoxy) is 1. The number of carboxylic acids is 1. The molecule has 6 rings (SSSR count). The number of aromatic amines is 2. The number of H-pyrrole nitrogens is 2. The van der Waals surface area contributed by atoms with Crippen LogP contribution >= 0.6 is 0 Å². The van der Waals surface area contributed by atoms with E-state index in [1.807, 2.05) is 72.8 Å². The maximum absolute atomic E-state index is 14.2. The number of carboxylic acid groups (broad SMARTS) is 1. The molecule has 2 heterocycles. The highest BCUT2D eigenvalue weighted by Crippen LogP contribution is 2.44. The molecule has 10 N–H and O–H groups in total. The fraction of sp³-hybridized carbons (Fsp3) is 0.317. The standard InChI is InChI=1S/C41H46N8O8/c42-16-8-7-15-33(40(54)55)46-39(53)36(21-50)48-38(52)35(18-25-20-43-23-45-25)47-37(51)34(17-24-19-44-32-14-6-5-9-26(24)32)49-41(56)57-22-31-29-12-3-1-10-27(29)28-11-2-4-13-30(28)31/h1-6,9-14,19-20,23,31,33-36,44,50H,7-8,15-18,21-22,42H2,(H,43,45)(H,46,53)(H,47,51)(H,48,52)(H,49,56)(H,54,55)/t33-,34+,35-,36+/m0/s1. The van der Waals surface area contributed by atoms with Gasteiger partial charge < -0.3 is 51.9 Å². The number of imidazole rings is 1. The van der Waals surface area contributed by atoms with Gasteiger partial charge in [0.05, 0.1) is 18.6 Å². The summed E-state index contributed by atoms with van der Waals surface area (Å²) in [6.07, 6.45) is 4.77. The van der Waals surface area contributed by atoms with Gasteiger partial charge in [0.1, 0.15) is 30.8 Å². The molecule has 1 aliphatic carbocycles. The van der Waals surface area contributed by atoms with Crippen LogP contribution < -0.4 is 27.0 Å². The van der Waals surface area contributed by atoms with E-state index >= 15 is 0 Å². The van der Waals surface area contributed by atoms with E-state index < -0.39 is 60.6 Å². The molecule has 0 saturated heterocycles. The van der Waals surface area contributed by atoms with E-state index in [2.05, 4.69) is 36.2 Å². The Kier molecular flexibility index (Phi) is 13.3. The number of fused-ring (bicyclic) bond motifs is 4. The molecule has 1 aliphatic rings. The number of nitrogens with zero attached hydrogens (tertiary/aromatic N) is 1. The Morgan fingerprint density at radius 1 is 0.754 bits per heavy atom. The minimum absolute atomic E-state index is 0.00580. The van der Waals surface area contributed by atoms with E-state index in [1.54, 1.807) is 6.20 Å². The predicted molar refractivity (Wildman–Crippen MR) is 210 cm³/mol. The monoisotopic (exact) mass is 778 g/mol. The van der Waals surface area contributed by atoms with Crippen molar-refractivity contribution in [2.75, 3.05) is 19.8 Å². The second kappa shape index (κ2) is 18.9. The first-order valence-corrected chi connectivity index (χ1v) is 18.8. The van der Waals surface area contributed by atoms with Crippen LogP contribution in [0.3, 0.4) is 0 Å². The van der Waals surface area contributed by atoms with Crippen molar-refractivity contribution < 1.29 is 38.9 Å². The van der Waals surface area contributed by atoms with Crippen LogP contribution in [0.1, 0.15) is 47.6 Å². The van der Waals surface area contributed by atoms with Gasteiger partial charge in [-0.15, -0.1) is 0 Å². The number of aliphatic hydroxyl groups is 1. The summed E-state index contributed by atoms with van der Waals surface area (Å²) in [4.78, 5) is 76.6. The topological polar surface area (TPSA) is 254 Å². The van der Waals surface area contributed by atoms with Crippen LogP contribution in [0.5, 0.6) is 0 Å². The van der Waals surface area contributed by atoms with Gasteiger partial charge in [-0.1, -0.05) is 66.7 Å². The molecular formula is C41H46N8O8. The van der Waals surface area contributed by atoms with Gasteiger partial charge in [-0.3, -0.25) is 14.4 Å². The number of rotatable bonds is 19. The van der Waals surface area contributed by atoms with E-state index in [4.69, 9.17) is 10.5 Å². The molecule has 16 nitrogen and oxygen atoms in total. The number of unbranched alkanes of at least 4 members (excludes halogenated alkanes) is 1. The van der Waals surface area contributed by atoms with E-state index in [9.17, 15) is 34.2 Å². The van der Waals surface area contributed by atoms with Gasteiger partial charge in [0.25, 0.3) is 0 Å². The van der Waals surface area contributed by atoms with Crippen molar-refractivity contribution >= 4 is 40.7 Å². The summed E-state index contributed by atoms with van der Waals surface area (Å²) in [5.41, 5.74) is 11.6. The number of aliphatic hydroxyl groups excluding tert-OH is 1. The molecule has 0 unspecified atom stereocenters. The van der Waals surface area contributed by atoms with Crippen molar-refractivity contribution in [3.63, 3.8) is 0 Å². The summed E-state index contributed by atoms with van der Waals surface area (Å²) >= 11 is 0. The number of nitrogens with one attached hydrogen (secondary N) is 6. The van der Waals surface area contributed by atoms with Crippen LogP contribution in [0.25, 0.3) is 22.0 Å². The molecule has 0 saturated carbocycles. The highest BCUT2D eigenvalue weighted by molar-refractivity contribution is 5.95. The van der Waals surface area contributed by atoms with Crippen LogP contribution in [-0.2, 0) is 36.8 Å². The normalized spacial score (nSPS) is 14.1. The summed E-state index contributed by atoms with van der Waals surface area (Å²) in [6, 6.07) is 17.9. The third-order valence-corrected chi connectivity index (χ3v) is 10.0. The molecule has 0 bridgehead atoms. The third kappa shape index (κ3) is 9.84. The van der Waals surface area contributed by atoms with E-state index in [0.29, 0.717) is 25.1 Å². The molecule has 0 fully saturated rings. The Balaban J connectivity index is 1.19. The fourth-order valence-electron chi connectivity index (χ4n) is 7.09. The number of para-hydroxylation sites is 1. The largest absolute Gasteiger partial charge is 0.480 e. The number of alkyl carbamates (subject to hydrolysis) is 1. The van der Waals surface area contributed by atoms with E-state index in [0.717, 1.165) is 38.7 Å². The zero-order chi connectivity index (χ0) is 40.3. The Morgan fingerprint density at radius 2 is 1.37 bits per heavy atom. The Morgan fingerprint density at radius 3 is 2.02 bits per heavy atom. The van der Waals surface area contributed by atoms with Crippen LogP contribution in [0, 0.1) is 0 Å². The number of benzene rings is 3. The van der Waals surface area contributed by atoms with Gasteiger partial charge in [0, 0.05) is 42.1 Å². The Labute approximate surface area is 328 Å². The summed E-state index contributed by atoms with van der Waals surface area (Å²) in [5, 5.41) is 30.7. The van der Waals surface area contributed by atoms with Crippen LogP contribution in [0.4, 0.5) is 4.79 Å². The second-order valence-electron chi connectivity index (χ2n) is 13.8. The minimum Gasteiger partial charge on any atom is -0.480 e. The summed E-state index contributed by atoms with van der Waals surface area (Å²) < 4.78 is 5.79. The lowest BCUT2D eigenvalue weighted by Gasteiger charge is -2.25. The number of nitrogens with two attached hydrogens (primary N) is 1. The second-order valence-corrected chi connectivity index (χ2v) is 13.8. The maximum Gasteiger partial charge on any atom is 0.407 e. The number of aromatic nitrogens is 3. The fourth-order valence-corrected chi connectivity index (χ4v) is 7.09. The first kappa shape index (κ1) is 40.2. The summed E-state index contributed by atoms with van der Waals surface area (Å²) in [5.74, 6) is -4.02. The molecule has 298 valence electrons. The molecule has 0 radical (unpaired) electrons. The molecule has 0 spiro atoms. The number of carbonyl (C=O) groups excluding carboxylic acids is 4.